The zero-order valence-corrected chi connectivity index (χ0v) is 9.93. The van der Waals surface area contributed by atoms with E-state index in [2.05, 4.69) is 0 Å². The van der Waals surface area contributed by atoms with E-state index in [1.165, 1.54) is 0 Å². The Balaban J connectivity index is 0.000000281. The van der Waals surface area contributed by atoms with Gasteiger partial charge in [0, 0.05) is 6.42 Å². The molecule has 0 aliphatic heterocycles. The summed E-state index contributed by atoms with van der Waals surface area (Å²) in [4.78, 5) is 10.4. The Labute approximate surface area is 96.7 Å². The molecule has 86 valence electrons. The molecule has 0 N–H and O–H groups in total. The fraction of sp³-hybridized carbons (Fsp3) is 0.385. The van der Waals surface area contributed by atoms with Gasteiger partial charge in [0.25, 0.3) is 0 Å². The van der Waals surface area contributed by atoms with E-state index in [0.29, 0.717) is 12.0 Å². The first-order chi connectivity index (χ1) is 7.60. The number of esters is 1. The minimum absolute atomic E-state index is 0.0300. The van der Waals surface area contributed by atoms with Crippen molar-refractivity contribution in [2.45, 2.75) is 33.3 Å². The third kappa shape index (κ3) is 7.57. The van der Waals surface area contributed by atoms with Crippen LogP contribution in [0.2, 0.25) is 0 Å². The van der Waals surface area contributed by atoms with E-state index in [1.54, 1.807) is 19.1 Å². The molecule has 0 saturated carbocycles. The summed E-state index contributed by atoms with van der Waals surface area (Å²) in [5, 5.41) is 8.29. The number of nitriles is 1. The normalized spacial score (nSPS) is 8.69. The maximum atomic E-state index is 10.4. The quantitative estimate of drug-likeness (QED) is 0.718. The van der Waals surface area contributed by atoms with Crippen LogP contribution in [0.4, 0.5) is 0 Å². The second kappa shape index (κ2) is 8.49. The van der Waals surface area contributed by atoms with Crippen LogP contribution < -0.4 is 0 Å². The molecule has 0 aliphatic rings. The summed E-state index contributed by atoms with van der Waals surface area (Å²) in [7, 11) is 0. The zero-order chi connectivity index (χ0) is 12.4. The molecule has 0 radical (unpaired) electrons. The summed E-state index contributed by atoms with van der Waals surface area (Å²) in [6.45, 7) is 5.46. The molecule has 0 amide bonds. The van der Waals surface area contributed by atoms with Gasteiger partial charge in [-0.2, -0.15) is 5.26 Å². The summed E-state index contributed by atoms with van der Waals surface area (Å²) < 4.78 is 4.76. The second-order valence-corrected chi connectivity index (χ2v) is 3.37. The molecule has 0 fully saturated rings. The monoisotopic (exact) mass is 219 g/mol. The summed E-state index contributed by atoms with van der Waals surface area (Å²) in [6.07, 6.45) is 0.500. The largest absolute Gasteiger partial charge is 0.463 e. The van der Waals surface area contributed by atoms with Crippen LogP contribution in [0.15, 0.2) is 30.3 Å². The van der Waals surface area contributed by atoms with E-state index in [9.17, 15) is 4.79 Å². The maximum absolute atomic E-state index is 10.4. The average molecular weight is 219 g/mol. The molecular weight excluding hydrogens is 202 g/mol. The molecular formula is C13H17NO2. The molecule has 1 rings (SSSR count). The Morgan fingerprint density at radius 2 is 1.94 bits per heavy atom. The van der Waals surface area contributed by atoms with Crippen molar-refractivity contribution in [3.8, 4) is 6.07 Å². The van der Waals surface area contributed by atoms with Crippen LogP contribution in [-0.4, -0.2) is 12.1 Å². The van der Waals surface area contributed by atoms with Gasteiger partial charge in [0.05, 0.1) is 17.7 Å². The van der Waals surface area contributed by atoms with E-state index < -0.39 is 0 Å². The predicted molar refractivity (Wildman–Crippen MR) is 62.7 cm³/mol. The summed E-state index contributed by atoms with van der Waals surface area (Å²) in [5.41, 5.74) is 0.715. The van der Waals surface area contributed by atoms with Crippen LogP contribution in [0.25, 0.3) is 0 Å². The Morgan fingerprint density at radius 1 is 1.38 bits per heavy atom. The van der Waals surface area contributed by atoms with Crippen molar-refractivity contribution in [3.63, 3.8) is 0 Å². The van der Waals surface area contributed by atoms with Crippen LogP contribution in [-0.2, 0) is 9.53 Å². The average Bonchev–Trinajstić information content (AvgIpc) is 2.30. The molecule has 0 heterocycles. The lowest BCUT2D eigenvalue weighted by Gasteiger charge is -2.04. The number of carbonyl (C=O) groups excluding carboxylic acids is 1. The van der Waals surface area contributed by atoms with Gasteiger partial charge in [-0.15, -0.1) is 0 Å². The third-order valence-corrected chi connectivity index (χ3v) is 1.56. The lowest BCUT2D eigenvalue weighted by molar-refractivity contribution is -0.146. The molecule has 0 atom stereocenters. The molecule has 3 nitrogen and oxygen atoms in total. The van der Waals surface area contributed by atoms with Crippen LogP contribution >= 0.6 is 0 Å². The summed E-state index contributed by atoms with van der Waals surface area (Å²) in [6, 6.07) is 11.2. The smallest absolute Gasteiger partial charge is 0.305 e. The highest BCUT2D eigenvalue weighted by atomic mass is 16.5. The molecule has 0 aromatic heterocycles. The van der Waals surface area contributed by atoms with E-state index in [4.69, 9.17) is 10.00 Å². The van der Waals surface area contributed by atoms with E-state index >= 15 is 0 Å². The number of benzene rings is 1. The predicted octanol–water partition coefficient (Wildman–Crippen LogP) is 2.91. The number of nitrogens with zero attached hydrogens (tertiary/aromatic N) is 1. The first-order valence-corrected chi connectivity index (χ1v) is 5.24. The number of hydrogen-bond acceptors (Lipinski definition) is 3. The first kappa shape index (κ1) is 14.2. The lowest BCUT2D eigenvalue weighted by atomic mass is 10.2. The van der Waals surface area contributed by atoms with Gasteiger partial charge in [0.2, 0.25) is 0 Å². The second-order valence-electron chi connectivity index (χ2n) is 3.37. The van der Waals surface area contributed by atoms with Gasteiger partial charge in [-0.05, 0) is 26.0 Å². The van der Waals surface area contributed by atoms with Crippen molar-refractivity contribution in [1.82, 2.24) is 0 Å². The van der Waals surface area contributed by atoms with Gasteiger partial charge >= 0.3 is 5.97 Å². The van der Waals surface area contributed by atoms with Crippen LogP contribution in [0, 0.1) is 11.3 Å². The molecule has 16 heavy (non-hydrogen) atoms. The molecule has 0 saturated heterocycles. The maximum Gasteiger partial charge on any atom is 0.305 e. The van der Waals surface area contributed by atoms with Gasteiger partial charge in [-0.1, -0.05) is 25.1 Å². The SMILES string of the molecule is CCC(=O)OC(C)C.N#Cc1ccccc1. The van der Waals surface area contributed by atoms with E-state index in [0.717, 1.165) is 0 Å². The number of hydrogen-bond donors (Lipinski definition) is 0. The molecule has 0 spiro atoms. The molecule has 1 aromatic carbocycles. The van der Waals surface area contributed by atoms with Gasteiger partial charge in [0.15, 0.2) is 0 Å². The van der Waals surface area contributed by atoms with Crippen molar-refractivity contribution < 1.29 is 9.53 Å². The van der Waals surface area contributed by atoms with Crippen molar-refractivity contribution in [1.29, 1.82) is 5.26 Å². The Hall–Kier alpha value is -1.82. The van der Waals surface area contributed by atoms with Crippen LogP contribution in [0.5, 0.6) is 0 Å². The molecule has 0 bridgehead atoms. The molecule has 1 aromatic rings. The fourth-order valence-electron chi connectivity index (χ4n) is 0.859. The van der Waals surface area contributed by atoms with Gasteiger partial charge < -0.3 is 4.74 Å². The van der Waals surface area contributed by atoms with Gasteiger partial charge in [-0.25, -0.2) is 0 Å². The van der Waals surface area contributed by atoms with Gasteiger partial charge in [-0.3, -0.25) is 4.79 Å². The van der Waals surface area contributed by atoms with Crippen molar-refractivity contribution in [3.05, 3.63) is 35.9 Å². The first-order valence-electron chi connectivity index (χ1n) is 5.24. The highest BCUT2D eigenvalue weighted by Crippen LogP contribution is 1.93. The summed E-state index contributed by atoms with van der Waals surface area (Å²) >= 11 is 0. The number of rotatable bonds is 2. The zero-order valence-electron chi connectivity index (χ0n) is 9.93. The number of ether oxygens (including phenoxy) is 1. The Bertz CT molecular complexity index is 339. The topological polar surface area (TPSA) is 50.1 Å². The van der Waals surface area contributed by atoms with Crippen molar-refractivity contribution in [2.75, 3.05) is 0 Å². The van der Waals surface area contributed by atoms with E-state index in [1.807, 2.05) is 38.1 Å². The lowest BCUT2D eigenvalue weighted by Crippen LogP contribution is -2.09. The van der Waals surface area contributed by atoms with Gasteiger partial charge in [0.1, 0.15) is 0 Å². The van der Waals surface area contributed by atoms with Crippen LogP contribution in [0.3, 0.4) is 0 Å². The van der Waals surface area contributed by atoms with Crippen molar-refractivity contribution in [2.24, 2.45) is 0 Å². The van der Waals surface area contributed by atoms with Crippen molar-refractivity contribution >= 4 is 5.97 Å². The van der Waals surface area contributed by atoms with Crippen LogP contribution in [0.1, 0.15) is 32.8 Å². The highest BCUT2D eigenvalue weighted by Gasteiger charge is 1.98. The number of carbonyl (C=O) groups is 1. The molecule has 0 aliphatic carbocycles. The standard InChI is InChI=1S/C7H5N.C6H12O2/c8-6-7-4-2-1-3-5-7;1-4-6(7)8-5(2)3/h1-5H;5H,4H2,1-3H3. The fourth-order valence-corrected chi connectivity index (χ4v) is 0.859. The molecule has 0 unspecified atom stereocenters. The van der Waals surface area contributed by atoms with E-state index in [-0.39, 0.29) is 12.1 Å². The minimum atomic E-state index is -0.125. The Morgan fingerprint density at radius 3 is 2.19 bits per heavy atom. The minimum Gasteiger partial charge on any atom is -0.463 e. The molecule has 3 heteroatoms. The third-order valence-electron chi connectivity index (χ3n) is 1.56. The summed E-state index contributed by atoms with van der Waals surface area (Å²) in [5.74, 6) is -0.125. The Kier molecular flexibility index (Phi) is 7.52. The highest BCUT2D eigenvalue weighted by molar-refractivity contribution is 5.68.